The summed E-state index contributed by atoms with van der Waals surface area (Å²) < 4.78 is 5.35. The second-order valence-corrected chi connectivity index (χ2v) is 5.54. The lowest BCUT2D eigenvalue weighted by molar-refractivity contribution is 0.212. The molecule has 3 aromatic heterocycles. The highest BCUT2D eigenvalue weighted by atomic mass is 16.5. The SMILES string of the molecule is CC(Cc1ccccn1)N(C)Cc1nc(-c2ccncc2)no1. The van der Waals surface area contributed by atoms with E-state index in [0.717, 1.165) is 17.7 Å². The maximum Gasteiger partial charge on any atom is 0.241 e. The molecule has 0 radical (unpaired) electrons. The summed E-state index contributed by atoms with van der Waals surface area (Å²) in [7, 11) is 2.05. The van der Waals surface area contributed by atoms with Gasteiger partial charge < -0.3 is 4.52 Å². The van der Waals surface area contributed by atoms with Crippen LogP contribution in [0.1, 0.15) is 18.5 Å². The fourth-order valence-electron chi connectivity index (χ4n) is 2.28. The maximum absolute atomic E-state index is 5.35. The van der Waals surface area contributed by atoms with Crippen LogP contribution >= 0.6 is 0 Å². The summed E-state index contributed by atoms with van der Waals surface area (Å²) in [6.45, 7) is 2.76. The zero-order valence-corrected chi connectivity index (χ0v) is 13.3. The molecule has 0 spiro atoms. The van der Waals surface area contributed by atoms with Crippen molar-refractivity contribution in [1.29, 1.82) is 0 Å². The van der Waals surface area contributed by atoms with Gasteiger partial charge in [-0.05, 0) is 38.2 Å². The van der Waals surface area contributed by atoms with E-state index in [-0.39, 0.29) is 0 Å². The minimum Gasteiger partial charge on any atom is -0.338 e. The third kappa shape index (κ3) is 3.98. The van der Waals surface area contributed by atoms with Crippen molar-refractivity contribution in [3.8, 4) is 11.4 Å². The molecule has 0 fully saturated rings. The molecule has 0 aliphatic carbocycles. The Kier molecular flexibility index (Phi) is 4.73. The van der Waals surface area contributed by atoms with Gasteiger partial charge in [-0.25, -0.2) is 0 Å². The molecule has 3 aromatic rings. The highest BCUT2D eigenvalue weighted by Gasteiger charge is 2.15. The zero-order valence-electron chi connectivity index (χ0n) is 13.3. The number of rotatable bonds is 6. The van der Waals surface area contributed by atoms with E-state index in [2.05, 4.69) is 31.9 Å². The Morgan fingerprint density at radius 1 is 1.13 bits per heavy atom. The second kappa shape index (κ2) is 7.11. The average molecular weight is 309 g/mol. The van der Waals surface area contributed by atoms with Crippen molar-refractivity contribution in [2.45, 2.75) is 25.9 Å². The summed E-state index contributed by atoms with van der Waals surface area (Å²) in [4.78, 5) is 15.0. The first-order valence-electron chi connectivity index (χ1n) is 7.55. The largest absolute Gasteiger partial charge is 0.338 e. The van der Waals surface area contributed by atoms with E-state index in [1.807, 2.05) is 43.6 Å². The quantitative estimate of drug-likeness (QED) is 0.697. The van der Waals surface area contributed by atoms with E-state index in [1.165, 1.54) is 0 Å². The van der Waals surface area contributed by atoms with Gasteiger partial charge in [0.1, 0.15) is 0 Å². The van der Waals surface area contributed by atoms with Crippen molar-refractivity contribution >= 4 is 0 Å². The molecule has 6 nitrogen and oxygen atoms in total. The van der Waals surface area contributed by atoms with Crippen LogP contribution in [-0.2, 0) is 13.0 Å². The number of aromatic nitrogens is 4. The van der Waals surface area contributed by atoms with E-state index in [9.17, 15) is 0 Å². The Hall–Kier alpha value is -2.60. The fourth-order valence-corrected chi connectivity index (χ4v) is 2.28. The van der Waals surface area contributed by atoms with Crippen LogP contribution in [0.2, 0.25) is 0 Å². The molecule has 1 unspecified atom stereocenters. The van der Waals surface area contributed by atoms with Crippen LogP contribution in [0.3, 0.4) is 0 Å². The van der Waals surface area contributed by atoms with E-state index < -0.39 is 0 Å². The van der Waals surface area contributed by atoms with Gasteiger partial charge in [0.25, 0.3) is 0 Å². The third-order valence-corrected chi connectivity index (χ3v) is 3.77. The molecule has 0 bridgehead atoms. The standard InChI is InChI=1S/C17H19N5O/c1-13(11-15-5-3-4-8-19-15)22(2)12-16-20-17(21-23-16)14-6-9-18-10-7-14/h3-10,13H,11-12H2,1-2H3. The van der Waals surface area contributed by atoms with Crippen molar-refractivity contribution in [2.24, 2.45) is 0 Å². The zero-order chi connectivity index (χ0) is 16.1. The van der Waals surface area contributed by atoms with Crippen LogP contribution in [0.25, 0.3) is 11.4 Å². The Morgan fingerprint density at radius 2 is 1.96 bits per heavy atom. The summed E-state index contributed by atoms with van der Waals surface area (Å²) >= 11 is 0. The van der Waals surface area contributed by atoms with Gasteiger partial charge in [-0.2, -0.15) is 4.98 Å². The summed E-state index contributed by atoms with van der Waals surface area (Å²) in [6, 6.07) is 10.0. The molecule has 23 heavy (non-hydrogen) atoms. The molecule has 3 rings (SSSR count). The van der Waals surface area contributed by atoms with E-state index in [4.69, 9.17) is 4.52 Å². The van der Waals surface area contributed by atoms with Gasteiger partial charge in [0.2, 0.25) is 11.7 Å². The molecular formula is C17H19N5O. The lowest BCUT2D eigenvalue weighted by atomic mass is 10.1. The molecule has 118 valence electrons. The summed E-state index contributed by atoms with van der Waals surface area (Å²) in [6.07, 6.45) is 6.13. The maximum atomic E-state index is 5.35. The molecule has 6 heteroatoms. The molecule has 0 aliphatic rings. The second-order valence-electron chi connectivity index (χ2n) is 5.54. The van der Waals surface area contributed by atoms with Gasteiger partial charge in [0, 0.05) is 42.3 Å². The summed E-state index contributed by atoms with van der Waals surface area (Å²) in [5.74, 6) is 1.19. The third-order valence-electron chi connectivity index (χ3n) is 3.77. The first-order valence-corrected chi connectivity index (χ1v) is 7.55. The first kappa shape index (κ1) is 15.3. The number of likely N-dealkylation sites (N-methyl/N-ethyl adjacent to an activating group) is 1. The highest BCUT2D eigenvalue weighted by Crippen LogP contribution is 2.15. The Labute approximate surface area is 135 Å². The smallest absolute Gasteiger partial charge is 0.241 e. The number of hydrogen-bond acceptors (Lipinski definition) is 6. The number of pyridine rings is 2. The molecule has 3 heterocycles. The van der Waals surface area contributed by atoms with Crippen LogP contribution in [-0.4, -0.2) is 38.1 Å². The topological polar surface area (TPSA) is 67.9 Å². The van der Waals surface area contributed by atoms with Crippen molar-refractivity contribution in [3.05, 3.63) is 60.5 Å². The lowest BCUT2D eigenvalue weighted by Crippen LogP contribution is -2.30. The molecule has 0 amide bonds. The van der Waals surface area contributed by atoms with E-state index >= 15 is 0 Å². The fraction of sp³-hybridized carbons (Fsp3) is 0.294. The van der Waals surface area contributed by atoms with E-state index in [0.29, 0.717) is 24.3 Å². The highest BCUT2D eigenvalue weighted by molar-refractivity contribution is 5.52. The number of hydrogen-bond donors (Lipinski definition) is 0. The van der Waals surface area contributed by atoms with Crippen LogP contribution in [0, 0.1) is 0 Å². The van der Waals surface area contributed by atoms with Gasteiger partial charge in [-0.1, -0.05) is 11.2 Å². The summed E-state index contributed by atoms with van der Waals surface area (Å²) in [5, 5.41) is 4.03. The van der Waals surface area contributed by atoms with Crippen LogP contribution in [0.4, 0.5) is 0 Å². The first-order chi connectivity index (χ1) is 11.2. The molecule has 0 saturated heterocycles. The Bertz CT molecular complexity index is 729. The van der Waals surface area contributed by atoms with Crippen LogP contribution < -0.4 is 0 Å². The van der Waals surface area contributed by atoms with Crippen molar-refractivity contribution < 1.29 is 4.52 Å². The van der Waals surface area contributed by atoms with Gasteiger partial charge in [0.15, 0.2) is 0 Å². The van der Waals surface area contributed by atoms with Crippen LogP contribution in [0.15, 0.2) is 53.4 Å². The average Bonchev–Trinajstić information content (AvgIpc) is 3.05. The Balaban J connectivity index is 1.62. The van der Waals surface area contributed by atoms with Crippen LogP contribution in [0.5, 0.6) is 0 Å². The van der Waals surface area contributed by atoms with Crippen molar-refractivity contribution in [1.82, 2.24) is 25.0 Å². The monoisotopic (exact) mass is 309 g/mol. The van der Waals surface area contributed by atoms with Gasteiger partial charge >= 0.3 is 0 Å². The molecule has 0 saturated carbocycles. The lowest BCUT2D eigenvalue weighted by Gasteiger charge is -2.22. The van der Waals surface area contributed by atoms with Crippen molar-refractivity contribution in [3.63, 3.8) is 0 Å². The normalized spacial score (nSPS) is 12.5. The minimum absolute atomic E-state index is 0.321. The molecule has 1 atom stereocenters. The van der Waals surface area contributed by atoms with Gasteiger partial charge in [-0.15, -0.1) is 0 Å². The minimum atomic E-state index is 0.321. The van der Waals surface area contributed by atoms with Gasteiger partial charge in [0.05, 0.1) is 6.54 Å². The molecule has 0 N–H and O–H groups in total. The number of nitrogens with zero attached hydrogens (tertiary/aromatic N) is 5. The summed E-state index contributed by atoms with van der Waals surface area (Å²) in [5.41, 5.74) is 1.98. The predicted octanol–water partition coefficient (Wildman–Crippen LogP) is 2.59. The predicted molar refractivity (Wildman–Crippen MR) is 86.4 cm³/mol. The van der Waals surface area contributed by atoms with Gasteiger partial charge in [-0.3, -0.25) is 14.9 Å². The Morgan fingerprint density at radius 3 is 2.70 bits per heavy atom. The van der Waals surface area contributed by atoms with E-state index in [1.54, 1.807) is 12.4 Å². The van der Waals surface area contributed by atoms with Crippen molar-refractivity contribution in [2.75, 3.05) is 7.05 Å². The molecule has 0 aliphatic heterocycles. The molecular weight excluding hydrogens is 290 g/mol. The molecule has 0 aromatic carbocycles.